The molecule has 11 heteroatoms. The lowest BCUT2D eigenvalue weighted by molar-refractivity contribution is -0.305. The number of rotatable bonds is 56. The van der Waals surface area contributed by atoms with Crippen LogP contribution < -0.4 is 5.32 Å². The van der Waals surface area contributed by atoms with E-state index in [1.165, 1.54) is 135 Å². The molecule has 0 radical (unpaired) electrons. The Labute approximate surface area is 495 Å². The largest absolute Gasteiger partial charge is 0.454 e. The molecular formula is C70H123NO10. The zero-order chi connectivity index (χ0) is 58.9. The normalized spacial score (nSPS) is 19.2. The fourth-order valence-corrected chi connectivity index (χ4v) is 10.0. The summed E-state index contributed by atoms with van der Waals surface area (Å²) in [6, 6.07) is -1.03. The van der Waals surface area contributed by atoms with Crippen LogP contribution in [0.25, 0.3) is 0 Å². The molecule has 1 aliphatic rings. The first-order valence-electron chi connectivity index (χ1n) is 33.4. The lowest BCUT2D eigenvalue weighted by atomic mass is 9.99. The van der Waals surface area contributed by atoms with Crippen molar-refractivity contribution in [1.29, 1.82) is 0 Å². The van der Waals surface area contributed by atoms with Crippen LogP contribution >= 0.6 is 0 Å². The monoisotopic (exact) mass is 1140 g/mol. The molecule has 81 heavy (non-hydrogen) atoms. The van der Waals surface area contributed by atoms with Gasteiger partial charge in [-0.05, 0) is 96.3 Å². The van der Waals surface area contributed by atoms with Crippen molar-refractivity contribution >= 4 is 11.9 Å². The highest BCUT2D eigenvalue weighted by Gasteiger charge is 2.47. The molecule has 0 aliphatic carbocycles. The number of aliphatic hydroxyl groups is 5. The van der Waals surface area contributed by atoms with E-state index in [0.29, 0.717) is 12.8 Å². The third-order valence-corrected chi connectivity index (χ3v) is 15.3. The first kappa shape index (κ1) is 75.9. The molecule has 1 rings (SSSR count). The molecule has 468 valence electrons. The Balaban J connectivity index is 2.63. The zero-order valence-electron chi connectivity index (χ0n) is 51.9. The Morgan fingerprint density at radius 1 is 0.494 bits per heavy atom. The van der Waals surface area contributed by atoms with Gasteiger partial charge in [-0.25, -0.2) is 0 Å². The SMILES string of the molecule is CC/C=C\C/C=C\C/C=C\C/C=C\C/C=C\CCCCCCCC(=O)OC1C(OCC(NC(=O)C(O)CCCCCCCCCCCC/C=C/CCCCCCCC)C(O)/C=C/CCCCCCCCCCC)OC(CO)C(O)C1O. The molecule has 0 bridgehead atoms. The van der Waals surface area contributed by atoms with E-state index in [0.717, 1.165) is 103 Å². The van der Waals surface area contributed by atoms with Crippen LogP contribution in [-0.4, -0.2) is 99.6 Å². The number of hydrogen-bond donors (Lipinski definition) is 6. The van der Waals surface area contributed by atoms with Crippen LogP contribution in [0.1, 0.15) is 284 Å². The van der Waals surface area contributed by atoms with Gasteiger partial charge >= 0.3 is 5.97 Å². The Morgan fingerprint density at radius 3 is 1.35 bits per heavy atom. The van der Waals surface area contributed by atoms with Crippen molar-refractivity contribution in [2.45, 2.75) is 333 Å². The summed E-state index contributed by atoms with van der Waals surface area (Å²) in [5.41, 5.74) is 0. The smallest absolute Gasteiger partial charge is 0.306 e. The average molecular weight is 1140 g/mol. The van der Waals surface area contributed by atoms with Gasteiger partial charge in [0.1, 0.15) is 24.4 Å². The Kier molecular flexibility index (Phi) is 53.6. The minimum Gasteiger partial charge on any atom is -0.454 e. The predicted octanol–water partition coefficient (Wildman–Crippen LogP) is 16.5. The molecule has 8 unspecified atom stereocenters. The molecular weight excluding hydrogens is 1010 g/mol. The molecule has 1 heterocycles. The first-order chi connectivity index (χ1) is 39.7. The molecule has 0 saturated carbocycles. The minimum absolute atomic E-state index is 0.0983. The molecule has 0 spiro atoms. The van der Waals surface area contributed by atoms with Crippen molar-refractivity contribution < 1.29 is 49.3 Å². The molecule has 0 aromatic heterocycles. The van der Waals surface area contributed by atoms with Crippen LogP contribution in [0.3, 0.4) is 0 Å². The number of ether oxygens (including phenoxy) is 3. The number of nitrogens with one attached hydrogen (secondary N) is 1. The van der Waals surface area contributed by atoms with E-state index in [-0.39, 0.29) is 19.4 Å². The van der Waals surface area contributed by atoms with Crippen LogP contribution in [0.4, 0.5) is 0 Å². The van der Waals surface area contributed by atoms with Gasteiger partial charge in [-0.15, -0.1) is 0 Å². The summed E-state index contributed by atoms with van der Waals surface area (Å²) >= 11 is 0. The lowest BCUT2D eigenvalue weighted by Crippen LogP contribution is -2.61. The highest BCUT2D eigenvalue weighted by Crippen LogP contribution is 2.26. The first-order valence-corrected chi connectivity index (χ1v) is 33.4. The van der Waals surface area contributed by atoms with Crippen LogP contribution in [0.15, 0.2) is 85.1 Å². The zero-order valence-corrected chi connectivity index (χ0v) is 51.9. The van der Waals surface area contributed by atoms with Gasteiger partial charge < -0.3 is 45.1 Å². The van der Waals surface area contributed by atoms with Crippen molar-refractivity contribution in [3.05, 3.63) is 85.1 Å². The highest BCUT2D eigenvalue weighted by atomic mass is 16.7. The highest BCUT2D eigenvalue weighted by molar-refractivity contribution is 5.80. The summed E-state index contributed by atoms with van der Waals surface area (Å²) in [6.07, 6.45) is 64.7. The van der Waals surface area contributed by atoms with Crippen molar-refractivity contribution in [2.75, 3.05) is 13.2 Å². The van der Waals surface area contributed by atoms with Crippen molar-refractivity contribution in [3.63, 3.8) is 0 Å². The number of esters is 1. The fourth-order valence-electron chi connectivity index (χ4n) is 10.0. The molecule has 8 atom stereocenters. The summed E-state index contributed by atoms with van der Waals surface area (Å²) in [4.78, 5) is 26.6. The molecule has 11 nitrogen and oxygen atoms in total. The van der Waals surface area contributed by atoms with Crippen LogP contribution in [-0.2, 0) is 23.8 Å². The van der Waals surface area contributed by atoms with Gasteiger partial charge in [-0.3, -0.25) is 9.59 Å². The standard InChI is InChI=1S/C70H123NO10/c1-4-7-10-13-16-19-22-24-26-28-30-32-34-36-38-40-43-46-49-52-55-58-65(75)81-68-67(77)66(76)64(59-72)80-70(68)79-60-61(62(73)56-53-50-47-44-41-21-18-15-12-9-6-3)71-69(78)63(74)57-54-51-48-45-42-39-37-35-33-31-29-27-25-23-20-17-14-11-8-5-2/h7,10,16,19,24-27,30,32,36,38,53,56,61-64,66-68,70,72-74,76-77H,4-6,8-9,11-15,17-18,20-23,28-29,31,33-35,37,39-52,54-55,57-60H2,1-3H3,(H,71,78)/b10-7-,19-16-,26-24-,27-25+,32-30-,38-36-,56-53+. The lowest BCUT2D eigenvalue weighted by Gasteiger charge is -2.41. The summed E-state index contributed by atoms with van der Waals surface area (Å²) < 4.78 is 17.6. The summed E-state index contributed by atoms with van der Waals surface area (Å²) in [5, 5.41) is 57.1. The Morgan fingerprint density at radius 2 is 0.889 bits per heavy atom. The number of hydrogen-bond acceptors (Lipinski definition) is 10. The maximum absolute atomic E-state index is 13.4. The third kappa shape index (κ3) is 45.0. The van der Waals surface area contributed by atoms with Gasteiger partial charge in [-0.2, -0.15) is 0 Å². The van der Waals surface area contributed by atoms with Crippen LogP contribution in [0.2, 0.25) is 0 Å². The maximum atomic E-state index is 13.4. The topological polar surface area (TPSA) is 175 Å². The minimum atomic E-state index is -1.63. The van der Waals surface area contributed by atoms with Crippen molar-refractivity contribution in [3.8, 4) is 0 Å². The van der Waals surface area contributed by atoms with Gasteiger partial charge in [0, 0.05) is 6.42 Å². The molecule has 0 aromatic carbocycles. The second-order valence-corrected chi connectivity index (χ2v) is 22.8. The van der Waals surface area contributed by atoms with E-state index in [1.807, 2.05) is 6.08 Å². The molecule has 1 aliphatic heterocycles. The van der Waals surface area contributed by atoms with Gasteiger partial charge in [0.2, 0.25) is 5.91 Å². The number of allylic oxidation sites excluding steroid dienone is 13. The number of unbranched alkanes of at least 4 members (excludes halogenated alkanes) is 30. The second kappa shape index (κ2) is 57.3. The second-order valence-electron chi connectivity index (χ2n) is 22.8. The number of amides is 1. The van der Waals surface area contributed by atoms with E-state index in [1.54, 1.807) is 6.08 Å². The van der Waals surface area contributed by atoms with Crippen LogP contribution in [0.5, 0.6) is 0 Å². The number of aliphatic hydroxyl groups excluding tert-OH is 5. The molecule has 0 aromatic rings. The molecule has 1 amide bonds. The fraction of sp³-hybridized carbons (Fsp3) is 0.771. The van der Waals surface area contributed by atoms with Crippen molar-refractivity contribution in [2.24, 2.45) is 0 Å². The average Bonchev–Trinajstić information content (AvgIpc) is 3.50. The van der Waals surface area contributed by atoms with E-state index >= 15 is 0 Å². The molecule has 6 N–H and O–H groups in total. The number of carbonyl (C=O) groups excluding carboxylic acids is 2. The number of carbonyl (C=O) groups is 2. The van der Waals surface area contributed by atoms with Crippen LogP contribution in [0, 0.1) is 0 Å². The van der Waals surface area contributed by atoms with E-state index in [9.17, 15) is 35.1 Å². The van der Waals surface area contributed by atoms with E-state index in [2.05, 4.69) is 99.0 Å². The summed E-state index contributed by atoms with van der Waals surface area (Å²) in [7, 11) is 0. The molecule has 1 fully saturated rings. The Bertz CT molecular complexity index is 1640. The van der Waals surface area contributed by atoms with E-state index < -0.39 is 67.4 Å². The van der Waals surface area contributed by atoms with Gasteiger partial charge in [0.05, 0.1) is 25.4 Å². The van der Waals surface area contributed by atoms with Gasteiger partial charge in [0.25, 0.3) is 0 Å². The maximum Gasteiger partial charge on any atom is 0.306 e. The Hall–Kier alpha value is -3.16. The van der Waals surface area contributed by atoms with Gasteiger partial charge in [0.15, 0.2) is 12.4 Å². The summed E-state index contributed by atoms with van der Waals surface area (Å²) in [6.45, 7) is 5.67. The van der Waals surface area contributed by atoms with Gasteiger partial charge in [-0.1, -0.05) is 266 Å². The quantitative estimate of drug-likeness (QED) is 0.0195. The van der Waals surface area contributed by atoms with Crippen molar-refractivity contribution in [1.82, 2.24) is 5.32 Å². The molecule has 1 saturated heterocycles. The predicted molar refractivity (Wildman–Crippen MR) is 338 cm³/mol. The third-order valence-electron chi connectivity index (χ3n) is 15.3. The van der Waals surface area contributed by atoms with E-state index in [4.69, 9.17) is 14.2 Å². The summed E-state index contributed by atoms with van der Waals surface area (Å²) in [5.74, 6) is -1.21.